The van der Waals surface area contributed by atoms with Gasteiger partial charge in [-0.2, -0.15) is 0 Å². The number of rotatable bonds is 1. The van der Waals surface area contributed by atoms with E-state index in [2.05, 4.69) is 25.3 Å². The summed E-state index contributed by atoms with van der Waals surface area (Å²) in [5.74, 6) is -0.915. The molecule has 0 aliphatic carbocycles. The normalized spacial score (nSPS) is 10.8. The molecule has 0 N–H and O–H groups in total. The van der Waals surface area contributed by atoms with E-state index in [1.54, 1.807) is 13.8 Å². The van der Waals surface area contributed by atoms with Gasteiger partial charge >= 0.3 is 0 Å². The van der Waals surface area contributed by atoms with Gasteiger partial charge in [0.1, 0.15) is 11.6 Å². The van der Waals surface area contributed by atoms with Crippen molar-refractivity contribution in [2.24, 2.45) is 0 Å². The topological polar surface area (TPSA) is 0 Å². The number of benzene rings is 2. The molecule has 94 valence electrons. The van der Waals surface area contributed by atoms with Gasteiger partial charge < -0.3 is 0 Å². The summed E-state index contributed by atoms with van der Waals surface area (Å²) < 4.78 is 27.8. The fourth-order valence-corrected chi connectivity index (χ4v) is 2.12. The van der Waals surface area contributed by atoms with Gasteiger partial charge in [-0.3, -0.25) is 0 Å². The van der Waals surface area contributed by atoms with E-state index in [0.717, 1.165) is 11.1 Å². The summed E-state index contributed by atoms with van der Waals surface area (Å²) >= 11 is 8.47. The number of thiol groups is 2. The lowest BCUT2D eigenvalue weighted by Gasteiger charge is -2.10. The fourth-order valence-electron chi connectivity index (χ4n) is 1.74. The Bertz CT molecular complexity index is 566. The maximum Gasteiger partial charge on any atom is 0.131 e. The Morgan fingerprint density at radius 2 is 1.06 bits per heavy atom. The van der Waals surface area contributed by atoms with Crippen molar-refractivity contribution in [1.29, 1.82) is 0 Å². The maximum absolute atomic E-state index is 13.9. The standard InChI is InChI=1S/C14H12F2S2/c1-7-3-11(15)9(5-13(7)17)10-6-14(18)8(2)4-12(10)16/h3-6,17-18H,1-2H3. The molecule has 0 spiro atoms. The van der Waals surface area contributed by atoms with Crippen LogP contribution in [0.15, 0.2) is 34.1 Å². The van der Waals surface area contributed by atoms with Crippen LogP contribution in [0.4, 0.5) is 8.78 Å². The summed E-state index contributed by atoms with van der Waals surface area (Å²) in [6, 6.07) is 5.79. The van der Waals surface area contributed by atoms with Crippen molar-refractivity contribution in [3.63, 3.8) is 0 Å². The molecule has 0 aliphatic heterocycles. The molecule has 0 aromatic heterocycles. The lowest BCUT2D eigenvalue weighted by molar-refractivity contribution is 0.613. The quantitative estimate of drug-likeness (QED) is 0.688. The van der Waals surface area contributed by atoms with Gasteiger partial charge in [-0.05, 0) is 49.2 Å². The van der Waals surface area contributed by atoms with Gasteiger partial charge in [-0.15, -0.1) is 25.3 Å². The van der Waals surface area contributed by atoms with Crippen LogP contribution in [0.25, 0.3) is 11.1 Å². The second-order valence-corrected chi connectivity index (χ2v) is 5.20. The SMILES string of the molecule is Cc1cc(F)c(-c2cc(S)c(C)cc2F)cc1S. The smallest absolute Gasteiger partial charge is 0.131 e. The predicted octanol–water partition coefficient (Wildman–Crippen LogP) is 4.83. The van der Waals surface area contributed by atoms with E-state index in [9.17, 15) is 8.78 Å². The number of hydrogen-bond donors (Lipinski definition) is 2. The Morgan fingerprint density at radius 1 is 0.722 bits per heavy atom. The third-order valence-electron chi connectivity index (χ3n) is 2.86. The monoisotopic (exact) mass is 282 g/mol. The molecule has 4 heteroatoms. The molecule has 0 nitrogen and oxygen atoms in total. The van der Waals surface area contributed by atoms with Gasteiger partial charge in [0.15, 0.2) is 0 Å². The average molecular weight is 282 g/mol. The molecule has 0 unspecified atom stereocenters. The number of halogens is 2. The molecule has 0 heterocycles. The molecular weight excluding hydrogens is 270 g/mol. The zero-order valence-electron chi connectivity index (χ0n) is 9.96. The van der Waals surface area contributed by atoms with Gasteiger partial charge in [-0.25, -0.2) is 8.78 Å². The summed E-state index contributed by atoms with van der Waals surface area (Å²) in [5.41, 5.74) is 1.85. The highest BCUT2D eigenvalue weighted by molar-refractivity contribution is 7.80. The Balaban J connectivity index is 2.69. The summed E-state index contributed by atoms with van der Waals surface area (Å²) in [4.78, 5) is 1.26. The third kappa shape index (κ3) is 2.40. The Morgan fingerprint density at radius 3 is 1.39 bits per heavy atom. The second-order valence-electron chi connectivity index (χ2n) is 4.24. The van der Waals surface area contributed by atoms with Crippen molar-refractivity contribution in [3.05, 3.63) is 47.0 Å². The minimum Gasteiger partial charge on any atom is -0.206 e. The van der Waals surface area contributed by atoms with Crippen LogP contribution in [0.1, 0.15) is 11.1 Å². The Hall–Kier alpha value is -1.00. The third-order valence-corrected chi connectivity index (χ3v) is 3.83. The van der Waals surface area contributed by atoms with E-state index < -0.39 is 11.6 Å². The molecule has 0 aliphatic rings. The van der Waals surface area contributed by atoms with Gasteiger partial charge in [0.05, 0.1) is 0 Å². The van der Waals surface area contributed by atoms with Crippen LogP contribution < -0.4 is 0 Å². The summed E-state index contributed by atoms with van der Waals surface area (Å²) in [5, 5.41) is 0. The molecule has 0 fully saturated rings. The molecule has 0 atom stereocenters. The number of aryl methyl sites for hydroxylation is 2. The molecule has 0 saturated carbocycles. The van der Waals surface area contributed by atoms with Crippen molar-refractivity contribution in [2.45, 2.75) is 23.6 Å². The highest BCUT2D eigenvalue weighted by atomic mass is 32.1. The molecule has 2 aromatic rings. The van der Waals surface area contributed by atoms with Crippen LogP contribution in [-0.2, 0) is 0 Å². The van der Waals surface area contributed by atoms with Crippen molar-refractivity contribution in [1.82, 2.24) is 0 Å². The lowest BCUT2D eigenvalue weighted by Crippen LogP contribution is -1.93. The maximum atomic E-state index is 13.9. The van der Waals surface area contributed by atoms with E-state index in [0.29, 0.717) is 9.79 Å². The molecule has 0 amide bonds. The molecule has 2 aromatic carbocycles. The largest absolute Gasteiger partial charge is 0.206 e. The number of hydrogen-bond acceptors (Lipinski definition) is 2. The van der Waals surface area contributed by atoms with E-state index in [1.165, 1.54) is 24.3 Å². The van der Waals surface area contributed by atoms with Crippen LogP contribution >= 0.6 is 25.3 Å². The zero-order chi connectivity index (χ0) is 13.4. The Labute approximate surface area is 116 Å². The summed E-state index contributed by atoms with van der Waals surface area (Å²) in [6.07, 6.45) is 0. The van der Waals surface area contributed by atoms with Crippen molar-refractivity contribution >= 4 is 25.3 Å². The minimum absolute atomic E-state index is 0.207. The molecule has 0 saturated heterocycles. The van der Waals surface area contributed by atoms with Gasteiger partial charge in [0, 0.05) is 20.9 Å². The van der Waals surface area contributed by atoms with Gasteiger partial charge in [0.2, 0.25) is 0 Å². The molecule has 0 bridgehead atoms. The molecule has 0 radical (unpaired) electrons. The van der Waals surface area contributed by atoms with E-state index in [1.807, 2.05) is 0 Å². The fraction of sp³-hybridized carbons (Fsp3) is 0.143. The molecular formula is C14H12F2S2. The van der Waals surface area contributed by atoms with E-state index >= 15 is 0 Å². The van der Waals surface area contributed by atoms with Crippen molar-refractivity contribution in [3.8, 4) is 11.1 Å². The zero-order valence-corrected chi connectivity index (χ0v) is 11.7. The first-order valence-electron chi connectivity index (χ1n) is 5.38. The summed E-state index contributed by atoms with van der Waals surface area (Å²) in [6.45, 7) is 3.51. The highest BCUT2D eigenvalue weighted by Crippen LogP contribution is 2.32. The van der Waals surface area contributed by atoms with Crippen LogP contribution in [0.5, 0.6) is 0 Å². The van der Waals surface area contributed by atoms with Crippen LogP contribution in [0.3, 0.4) is 0 Å². The van der Waals surface area contributed by atoms with Crippen LogP contribution in [0, 0.1) is 25.5 Å². The first-order valence-corrected chi connectivity index (χ1v) is 6.28. The van der Waals surface area contributed by atoms with E-state index in [-0.39, 0.29) is 11.1 Å². The van der Waals surface area contributed by atoms with Crippen LogP contribution in [0.2, 0.25) is 0 Å². The first kappa shape index (κ1) is 13.4. The molecule has 18 heavy (non-hydrogen) atoms. The van der Waals surface area contributed by atoms with Crippen molar-refractivity contribution in [2.75, 3.05) is 0 Å². The summed E-state index contributed by atoms with van der Waals surface area (Å²) in [7, 11) is 0. The Kier molecular flexibility index (Phi) is 3.69. The van der Waals surface area contributed by atoms with Gasteiger partial charge in [-0.1, -0.05) is 0 Å². The van der Waals surface area contributed by atoms with Crippen molar-refractivity contribution < 1.29 is 8.78 Å². The first-order chi connectivity index (χ1) is 8.40. The van der Waals surface area contributed by atoms with Crippen LogP contribution in [-0.4, -0.2) is 0 Å². The van der Waals surface area contributed by atoms with E-state index in [4.69, 9.17) is 0 Å². The average Bonchev–Trinajstić information content (AvgIpc) is 2.29. The highest BCUT2D eigenvalue weighted by Gasteiger charge is 2.13. The predicted molar refractivity (Wildman–Crippen MR) is 75.8 cm³/mol. The second kappa shape index (κ2) is 4.94. The molecule has 2 rings (SSSR count). The lowest BCUT2D eigenvalue weighted by atomic mass is 10.0. The minimum atomic E-state index is -0.458. The van der Waals surface area contributed by atoms with Gasteiger partial charge in [0.25, 0.3) is 0 Å².